The number of ketones is 1. The minimum absolute atomic E-state index is 0.0868. The van der Waals surface area contributed by atoms with Gasteiger partial charge in [-0.2, -0.15) is 0 Å². The minimum atomic E-state index is -0.493. The predicted octanol–water partition coefficient (Wildman–Crippen LogP) is 2.41. The maximum Gasteiger partial charge on any atom is 0.182 e. The Labute approximate surface area is 96.4 Å². The standard InChI is InChI=1S/C14H18O2/c1-4-10-6-5-8(2)12-11(15)7-9(3)13(12)14(10)16/h4,7,10,13-14,16H,1,5-6H2,2-3H3/t10-,13+,14?/m1/s1. The molecule has 0 aliphatic heterocycles. The molecule has 0 saturated carbocycles. The SMILES string of the molecule is C=C[C@@H]1CCC(C)=C2C(=O)C=C(C)[C@@H]2C1O. The topological polar surface area (TPSA) is 37.3 Å². The fraction of sp³-hybridized carbons (Fsp3) is 0.500. The molecule has 0 aromatic rings. The molecule has 0 aromatic carbocycles. The molecule has 0 bridgehead atoms. The van der Waals surface area contributed by atoms with Gasteiger partial charge in [-0.1, -0.05) is 17.2 Å². The third-order valence-electron chi connectivity index (χ3n) is 3.82. The first-order valence-corrected chi connectivity index (χ1v) is 5.79. The van der Waals surface area contributed by atoms with Crippen molar-refractivity contribution in [2.45, 2.75) is 32.8 Å². The van der Waals surface area contributed by atoms with Crippen LogP contribution in [-0.2, 0) is 4.79 Å². The van der Waals surface area contributed by atoms with Crippen LogP contribution in [0, 0.1) is 11.8 Å². The van der Waals surface area contributed by atoms with Gasteiger partial charge in [-0.25, -0.2) is 0 Å². The van der Waals surface area contributed by atoms with Crippen molar-refractivity contribution in [3.8, 4) is 0 Å². The van der Waals surface area contributed by atoms with Crippen LogP contribution in [0.4, 0.5) is 0 Å². The number of rotatable bonds is 1. The first kappa shape index (κ1) is 11.3. The van der Waals surface area contributed by atoms with Gasteiger partial charge in [-0.05, 0) is 32.8 Å². The van der Waals surface area contributed by atoms with Gasteiger partial charge in [0.1, 0.15) is 0 Å². The van der Waals surface area contributed by atoms with Crippen LogP contribution in [0.25, 0.3) is 0 Å². The van der Waals surface area contributed by atoms with Crippen LogP contribution in [0.5, 0.6) is 0 Å². The summed E-state index contributed by atoms with van der Waals surface area (Å²) >= 11 is 0. The van der Waals surface area contributed by atoms with Crippen molar-refractivity contribution in [1.82, 2.24) is 0 Å². The van der Waals surface area contributed by atoms with Gasteiger partial charge in [-0.3, -0.25) is 4.79 Å². The number of hydrogen-bond acceptors (Lipinski definition) is 2. The summed E-state index contributed by atoms with van der Waals surface area (Å²) in [6.07, 6.45) is 4.76. The number of carbonyl (C=O) groups excluding carboxylic acids is 1. The monoisotopic (exact) mass is 218 g/mol. The van der Waals surface area contributed by atoms with E-state index in [0.717, 1.165) is 29.6 Å². The second kappa shape index (κ2) is 4.02. The van der Waals surface area contributed by atoms with E-state index in [2.05, 4.69) is 6.58 Å². The van der Waals surface area contributed by atoms with E-state index < -0.39 is 6.10 Å². The quantitative estimate of drug-likeness (QED) is 0.686. The molecule has 0 saturated heterocycles. The van der Waals surface area contributed by atoms with Crippen LogP contribution in [0.2, 0.25) is 0 Å². The Bertz CT molecular complexity index is 401. The van der Waals surface area contributed by atoms with Gasteiger partial charge >= 0.3 is 0 Å². The summed E-state index contributed by atoms with van der Waals surface area (Å²) in [6, 6.07) is 0. The highest BCUT2D eigenvalue weighted by atomic mass is 16.3. The molecule has 0 aromatic heterocycles. The third kappa shape index (κ3) is 1.57. The Hall–Kier alpha value is -1.15. The van der Waals surface area contributed by atoms with Gasteiger partial charge in [0.2, 0.25) is 0 Å². The number of fused-ring (bicyclic) bond motifs is 1. The molecule has 2 rings (SSSR count). The Morgan fingerprint density at radius 2 is 2.19 bits per heavy atom. The zero-order valence-corrected chi connectivity index (χ0v) is 9.86. The zero-order valence-electron chi connectivity index (χ0n) is 9.86. The number of carbonyl (C=O) groups is 1. The van der Waals surface area contributed by atoms with Crippen LogP contribution in [0.3, 0.4) is 0 Å². The van der Waals surface area contributed by atoms with E-state index in [0.29, 0.717) is 0 Å². The largest absolute Gasteiger partial charge is 0.392 e. The molecule has 0 heterocycles. The van der Waals surface area contributed by atoms with Crippen LogP contribution < -0.4 is 0 Å². The van der Waals surface area contributed by atoms with Crippen molar-refractivity contribution >= 4 is 5.78 Å². The molecule has 16 heavy (non-hydrogen) atoms. The molecule has 1 N–H and O–H groups in total. The molecule has 2 heteroatoms. The smallest absolute Gasteiger partial charge is 0.182 e. The van der Waals surface area contributed by atoms with Crippen molar-refractivity contribution in [3.63, 3.8) is 0 Å². The van der Waals surface area contributed by atoms with Gasteiger partial charge in [0.25, 0.3) is 0 Å². The summed E-state index contributed by atoms with van der Waals surface area (Å²) in [5.41, 5.74) is 2.95. The summed E-state index contributed by atoms with van der Waals surface area (Å²) in [6.45, 7) is 7.71. The van der Waals surface area contributed by atoms with Gasteiger partial charge in [0.15, 0.2) is 5.78 Å². The molecule has 0 fully saturated rings. The van der Waals surface area contributed by atoms with E-state index in [1.807, 2.05) is 19.9 Å². The summed E-state index contributed by atoms with van der Waals surface area (Å²) in [5, 5.41) is 10.3. The number of hydrogen-bond donors (Lipinski definition) is 1. The Morgan fingerprint density at radius 3 is 2.81 bits per heavy atom. The molecule has 2 aliphatic rings. The van der Waals surface area contributed by atoms with E-state index in [9.17, 15) is 9.90 Å². The number of allylic oxidation sites excluding steroid dienone is 2. The summed E-state index contributed by atoms with van der Waals surface area (Å²) < 4.78 is 0. The maximum atomic E-state index is 11.9. The lowest BCUT2D eigenvalue weighted by Crippen LogP contribution is -2.28. The van der Waals surface area contributed by atoms with E-state index in [1.165, 1.54) is 0 Å². The van der Waals surface area contributed by atoms with Crippen molar-refractivity contribution in [2.75, 3.05) is 0 Å². The van der Waals surface area contributed by atoms with Crippen LogP contribution >= 0.6 is 0 Å². The molecule has 2 aliphatic carbocycles. The average molecular weight is 218 g/mol. The second-order valence-corrected chi connectivity index (χ2v) is 4.85. The highest BCUT2D eigenvalue weighted by molar-refractivity contribution is 6.08. The lowest BCUT2D eigenvalue weighted by molar-refractivity contribution is -0.111. The molecule has 86 valence electrons. The Kier molecular flexibility index (Phi) is 2.85. The molecule has 0 amide bonds. The number of aliphatic hydroxyl groups excluding tert-OH is 1. The normalized spacial score (nSPS) is 34.6. The molecule has 3 atom stereocenters. The Morgan fingerprint density at radius 1 is 1.50 bits per heavy atom. The van der Waals surface area contributed by atoms with E-state index in [-0.39, 0.29) is 17.6 Å². The lowest BCUT2D eigenvalue weighted by Gasteiger charge is -2.24. The van der Waals surface area contributed by atoms with Gasteiger partial charge < -0.3 is 5.11 Å². The van der Waals surface area contributed by atoms with Gasteiger partial charge in [0.05, 0.1) is 6.10 Å². The van der Waals surface area contributed by atoms with E-state index in [1.54, 1.807) is 6.08 Å². The third-order valence-corrected chi connectivity index (χ3v) is 3.82. The second-order valence-electron chi connectivity index (χ2n) is 4.85. The van der Waals surface area contributed by atoms with E-state index in [4.69, 9.17) is 0 Å². The van der Waals surface area contributed by atoms with Crippen molar-refractivity contribution < 1.29 is 9.90 Å². The van der Waals surface area contributed by atoms with Gasteiger partial charge in [0, 0.05) is 17.4 Å². The summed E-state index contributed by atoms with van der Waals surface area (Å²) in [4.78, 5) is 11.9. The van der Waals surface area contributed by atoms with Crippen LogP contribution in [-0.4, -0.2) is 17.0 Å². The fourth-order valence-corrected chi connectivity index (χ4v) is 2.86. The van der Waals surface area contributed by atoms with E-state index >= 15 is 0 Å². The first-order chi connectivity index (χ1) is 7.56. The molecular formula is C14H18O2. The molecular weight excluding hydrogens is 200 g/mol. The molecule has 0 radical (unpaired) electrons. The predicted molar refractivity (Wildman–Crippen MR) is 63.9 cm³/mol. The van der Waals surface area contributed by atoms with Crippen LogP contribution in [0.1, 0.15) is 26.7 Å². The Balaban J connectivity index is 2.46. The zero-order chi connectivity index (χ0) is 11.9. The van der Waals surface area contributed by atoms with Gasteiger partial charge in [-0.15, -0.1) is 6.58 Å². The molecule has 0 spiro atoms. The van der Waals surface area contributed by atoms with Crippen molar-refractivity contribution in [3.05, 3.63) is 35.5 Å². The fourth-order valence-electron chi connectivity index (χ4n) is 2.86. The molecule has 1 unspecified atom stereocenters. The number of aliphatic hydroxyl groups is 1. The first-order valence-electron chi connectivity index (χ1n) is 5.79. The highest BCUT2D eigenvalue weighted by Crippen LogP contribution is 2.41. The van der Waals surface area contributed by atoms with Crippen molar-refractivity contribution in [2.24, 2.45) is 11.8 Å². The lowest BCUT2D eigenvalue weighted by atomic mass is 9.84. The highest BCUT2D eigenvalue weighted by Gasteiger charge is 2.39. The summed E-state index contributed by atoms with van der Waals surface area (Å²) in [5.74, 6) is 0.0773. The maximum absolute atomic E-state index is 11.9. The minimum Gasteiger partial charge on any atom is -0.392 e. The molecule has 2 nitrogen and oxygen atoms in total. The average Bonchev–Trinajstić information content (AvgIpc) is 2.45. The van der Waals surface area contributed by atoms with Crippen LogP contribution in [0.15, 0.2) is 35.5 Å². The van der Waals surface area contributed by atoms with Crippen molar-refractivity contribution in [1.29, 1.82) is 0 Å². The summed E-state index contributed by atoms with van der Waals surface area (Å²) in [7, 11) is 0.